The first-order valence-corrected chi connectivity index (χ1v) is 6.13. The SMILES string of the molecule is CC(C)(C)OC(=O)c1cc(=O)c2cccc([N+](=O)[O-])c2o1. The molecular weight excluding hydrogens is 278 g/mol. The van der Waals surface area contributed by atoms with Gasteiger partial charge in [-0.3, -0.25) is 14.9 Å². The molecule has 0 N–H and O–H groups in total. The van der Waals surface area contributed by atoms with Gasteiger partial charge in [-0.2, -0.15) is 0 Å². The van der Waals surface area contributed by atoms with Gasteiger partial charge in [0.15, 0.2) is 5.43 Å². The lowest BCUT2D eigenvalue weighted by Crippen LogP contribution is -2.24. The van der Waals surface area contributed by atoms with Crippen molar-refractivity contribution in [2.45, 2.75) is 26.4 Å². The molecule has 0 fully saturated rings. The summed E-state index contributed by atoms with van der Waals surface area (Å²) in [5, 5.41) is 11.0. The average molecular weight is 291 g/mol. The fourth-order valence-corrected chi connectivity index (χ4v) is 1.74. The summed E-state index contributed by atoms with van der Waals surface area (Å²) < 4.78 is 10.3. The molecule has 1 aromatic carbocycles. The highest BCUT2D eigenvalue weighted by atomic mass is 16.6. The van der Waals surface area contributed by atoms with E-state index in [1.807, 2.05) is 0 Å². The number of carbonyl (C=O) groups is 1. The smallest absolute Gasteiger partial charge is 0.374 e. The molecule has 0 spiro atoms. The Labute approximate surface area is 119 Å². The molecular formula is C14H13NO6. The fourth-order valence-electron chi connectivity index (χ4n) is 1.74. The van der Waals surface area contributed by atoms with Crippen LogP contribution in [-0.2, 0) is 4.74 Å². The molecule has 1 aromatic heterocycles. The molecule has 0 saturated carbocycles. The summed E-state index contributed by atoms with van der Waals surface area (Å²) in [5.41, 5.74) is -1.93. The lowest BCUT2D eigenvalue weighted by molar-refractivity contribution is -0.383. The topological polar surface area (TPSA) is 99.7 Å². The van der Waals surface area contributed by atoms with E-state index in [0.29, 0.717) is 0 Å². The Bertz CT molecular complexity index is 784. The second kappa shape index (κ2) is 5.01. The van der Waals surface area contributed by atoms with Gasteiger partial charge in [-0.25, -0.2) is 4.79 Å². The number of non-ortho nitro benzene ring substituents is 1. The van der Waals surface area contributed by atoms with E-state index in [1.165, 1.54) is 18.2 Å². The van der Waals surface area contributed by atoms with Gasteiger partial charge in [-0.05, 0) is 26.8 Å². The van der Waals surface area contributed by atoms with Crippen LogP contribution in [0.1, 0.15) is 31.3 Å². The number of esters is 1. The molecule has 0 radical (unpaired) electrons. The van der Waals surface area contributed by atoms with E-state index in [2.05, 4.69) is 0 Å². The minimum Gasteiger partial charge on any atom is -0.454 e. The molecule has 0 amide bonds. The first-order valence-electron chi connectivity index (χ1n) is 6.13. The summed E-state index contributed by atoms with van der Waals surface area (Å²) in [5.74, 6) is -1.21. The van der Waals surface area contributed by atoms with Gasteiger partial charge in [0.1, 0.15) is 5.60 Å². The predicted octanol–water partition coefficient (Wildman–Crippen LogP) is 2.66. The zero-order valence-corrected chi connectivity index (χ0v) is 11.7. The molecule has 7 heteroatoms. The average Bonchev–Trinajstić information content (AvgIpc) is 2.35. The number of rotatable bonds is 2. The number of ether oxygens (including phenoxy) is 1. The molecule has 0 aliphatic carbocycles. The second-order valence-corrected chi connectivity index (χ2v) is 5.39. The third-order valence-corrected chi connectivity index (χ3v) is 2.53. The number of benzene rings is 1. The molecule has 110 valence electrons. The minimum absolute atomic E-state index is 0.0384. The predicted molar refractivity (Wildman–Crippen MR) is 74.3 cm³/mol. The molecule has 0 unspecified atom stereocenters. The Balaban J connectivity index is 2.63. The van der Waals surface area contributed by atoms with Crippen molar-refractivity contribution in [3.05, 3.63) is 50.4 Å². The van der Waals surface area contributed by atoms with Crippen molar-refractivity contribution in [3.63, 3.8) is 0 Å². The van der Waals surface area contributed by atoms with Crippen molar-refractivity contribution in [2.75, 3.05) is 0 Å². The van der Waals surface area contributed by atoms with E-state index in [1.54, 1.807) is 20.8 Å². The van der Waals surface area contributed by atoms with Crippen LogP contribution in [0.2, 0.25) is 0 Å². The third-order valence-electron chi connectivity index (χ3n) is 2.53. The minimum atomic E-state index is -0.848. The summed E-state index contributed by atoms with van der Waals surface area (Å²) in [7, 11) is 0. The van der Waals surface area contributed by atoms with Crippen molar-refractivity contribution >= 4 is 22.6 Å². The maximum Gasteiger partial charge on any atom is 0.374 e. The van der Waals surface area contributed by atoms with Gasteiger partial charge in [0.05, 0.1) is 10.3 Å². The molecule has 0 aliphatic rings. The van der Waals surface area contributed by atoms with Gasteiger partial charge in [-0.1, -0.05) is 6.07 Å². The number of hydrogen-bond donors (Lipinski definition) is 0. The van der Waals surface area contributed by atoms with Gasteiger partial charge >= 0.3 is 11.7 Å². The first kappa shape index (κ1) is 14.7. The number of nitro groups is 1. The Morgan fingerprint density at radius 1 is 1.33 bits per heavy atom. The van der Waals surface area contributed by atoms with Crippen LogP contribution in [0.3, 0.4) is 0 Å². The lowest BCUT2D eigenvalue weighted by Gasteiger charge is -2.18. The number of carbonyl (C=O) groups excluding carboxylic acids is 1. The molecule has 0 bridgehead atoms. The summed E-state index contributed by atoms with van der Waals surface area (Å²) in [6.45, 7) is 4.98. The number of hydrogen-bond acceptors (Lipinski definition) is 6. The van der Waals surface area contributed by atoms with Gasteiger partial charge in [-0.15, -0.1) is 0 Å². The van der Waals surface area contributed by atoms with Crippen LogP contribution in [-0.4, -0.2) is 16.5 Å². The quantitative estimate of drug-likeness (QED) is 0.479. The summed E-state index contributed by atoms with van der Waals surface area (Å²) in [6.07, 6.45) is 0. The maximum absolute atomic E-state index is 12.0. The number of nitro benzene ring substituents is 1. The molecule has 0 atom stereocenters. The van der Waals surface area contributed by atoms with Gasteiger partial charge < -0.3 is 9.15 Å². The molecule has 0 aliphatic heterocycles. The van der Waals surface area contributed by atoms with E-state index in [-0.39, 0.29) is 22.4 Å². The monoisotopic (exact) mass is 291 g/mol. The maximum atomic E-state index is 12.0. The standard InChI is InChI=1S/C14H13NO6/c1-14(2,3)21-13(17)11-7-10(16)8-5-4-6-9(15(18)19)12(8)20-11/h4-7H,1-3H3. The number of para-hydroxylation sites is 1. The summed E-state index contributed by atoms with van der Waals surface area (Å²) in [4.78, 5) is 34.2. The number of nitrogens with zero attached hydrogens (tertiary/aromatic N) is 1. The third kappa shape index (κ3) is 3.07. The summed E-state index contributed by atoms with van der Waals surface area (Å²) >= 11 is 0. The van der Waals surface area contributed by atoms with Crippen LogP contribution < -0.4 is 5.43 Å². The van der Waals surface area contributed by atoms with Gasteiger partial charge in [0, 0.05) is 12.1 Å². The van der Waals surface area contributed by atoms with Crippen LogP contribution in [0.5, 0.6) is 0 Å². The van der Waals surface area contributed by atoms with E-state index < -0.39 is 21.9 Å². The summed E-state index contributed by atoms with van der Waals surface area (Å²) in [6, 6.07) is 4.95. The highest BCUT2D eigenvalue weighted by Crippen LogP contribution is 2.24. The molecule has 2 aromatic rings. The second-order valence-electron chi connectivity index (χ2n) is 5.39. The van der Waals surface area contributed by atoms with Gasteiger partial charge in [0.25, 0.3) is 0 Å². The van der Waals surface area contributed by atoms with Crippen LogP contribution in [0.25, 0.3) is 11.0 Å². The van der Waals surface area contributed by atoms with Crippen LogP contribution in [0, 0.1) is 10.1 Å². The Morgan fingerprint density at radius 2 is 2.00 bits per heavy atom. The first-order chi connectivity index (χ1) is 9.69. The Hall–Kier alpha value is -2.70. The highest BCUT2D eigenvalue weighted by molar-refractivity contribution is 5.91. The fraction of sp³-hybridized carbons (Fsp3) is 0.286. The van der Waals surface area contributed by atoms with Gasteiger partial charge in [0.2, 0.25) is 11.3 Å². The largest absolute Gasteiger partial charge is 0.454 e. The van der Waals surface area contributed by atoms with E-state index in [4.69, 9.17) is 9.15 Å². The van der Waals surface area contributed by atoms with Crippen LogP contribution in [0.15, 0.2) is 33.5 Å². The van der Waals surface area contributed by atoms with E-state index in [0.717, 1.165) is 6.07 Å². The number of fused-ring (bicyclic) bond motifs is 1. The van der Waals surface area contributed by atoms with E-state index >= 15 is 0 Å². The molecule has 2 rings (SSSR count). The Morgan fingerprint density at radius 3 is 2.57 bits per heavy atom. The molecule has 21 heavy (non-hydrogen) atoms. The van der Waals surface area contributed by atoms with E-state index in [9.17, 15) is 19.7 Å². The Kier molecular flexibility index (Phi) is 3.51. The highest BCUT2D eigenvalue weighted by Gasteiger charge is 2.23. The van der Waals surface area contributed by atoms with Crippen molar-refractivity contribution in [3.8, 4) is 0 Å². The molecule has 1 heterocycles. The zero-order valence-electron chi connectivity index (χ0n) is 11.7. The zero-order chi connectivity index (χ0) is 15.8. The normalized spacial score (nSPS) is 11.4. The van der Waals surface area contributed by atoms with Crippen molar-refractivity contribution in [1.29, 1.82) is 0 Å². The van der Waals surface area contributed by atoms with Crippen molar-refractivity contribution in [1.82, 2.24) is 0 Å². The van der Waals surface area contributed by atoms with Crippen LogP contribution >= 0.6 is 0 Å². The molecule has 0 saturated heterocycles. The van der Waals surface area contributed by atoms with Crippen molar-refractivity contribution < 1.29 is 18.9 Å². The van der Waals surface area contributed by atoms with Crippen molar-refractivity contribution in [2.24, 2.45) is 0 Å². The molecule has 7 nitrogen and oxygen atoms in total. The van der Waals surface area contributed by atoms with Crippen LogP contribution in [0.4, 0.5) is 5.69 Å². The lowest BCUT2D eigenvalue weighted by atomic mass is 10.2.